The molecule has 0 spiro atoms. The van der Waals surface area contributed by atoms with Gasteiger partial charge in [-0.3, -0.25) is 0 Å². The number of likely N-dealkylation sites (N-methyl/N-ethyl adjacent to an activating group) is 1. The molecule has 0 aromatic heterocycles. The van der Waals surface area contributed by atoms with E-state index in [2.05, 4.69) is 0 Å². The molecule has 0 amide bonds. The maximum Gasteiger partial charge on any atom is 0.194 e. The number of carbonyl (C=O) groups excluding carboxylic acids is 1. The van der Waals surface area contributed by atoms with Gasteiger partial charge in [0.25, 0.3) is 0 Å². The lowest BCUT2D eigenvalue weighted by Crippen LogP contribution is -2.45. The van der Waals surface area contributed by atoms with E-state index in [-0.39, 0.29) is 19.8 Å². The molecule has 0 saturated heterocycles. The van der Waals surface area contributed by atoms with Crippen LogP contribution in [0.25, 0.3) is 0 Å². The Hall–Kier alpha value is -1.67. The van der Waals surface area contributed by atoms with Crippen LogP contribution in [0.4, 0.5) is 0 Å². The van der Waals surface area contributed by atoms with Crippen molar-refractivity contribution < 1.29 is 34.4 Å². The molecule has 128 valence electrons. The minimum Gasteiger partial charge on any atom is -0.544 e. The molecule has 0 bridgehead atoms. The van der Waals surface area contributed by atoms with Crippen molar-refractivity contribution in [2.45, 2.75) is 13.2 Å². The lowest BCUT2D eigenvalue weighted by Gasteiger charge is -2.23. The number of ether oxygens (including phenoxy) is 1. The van der Waals surface area contributed by atoms with Crippen LogP contribution in [-0.4, -0.2) is 73.0 Å². The number of benzene rings is 1. The molecule has 1 atom stereocenters. The lowest BCUT2D eigenvalue weighted by atomic mass is 10.3. The Morgan fingerprint density at radius 2 is 1.64 bits per heavy atom. The number of aliphatic hydroxyl groups excluding tert-OH is 3. The van der Waals surface area contributed by atoms with Gasteiger partial charge in [0.15, 0.2) is 6.29 Å². The van der Waals surface area contributed by atoms with Gasteiger partial charge in [-0.1, -0.05) is 18.2 Å². The highest BCUT2D eigenvalue weighted by Gasteiger charge is 2.04. The molecule has 1 aromatic carbocycles. The van der Waals surface area contributed by atoms with E-state index in [9.17, 15) is 9.90 Å². The zero-order chi connectivity index (χ0) is 17.6. The first kappa shape index (κ1) is 22.6. The van der Waals surface area contributed by atoms with Gasteiger partial charge in [-0.05, 0) is 19.1 Å². The van der Waals surface area contributed by atoms with Crippen molar-refractivity contribution in [3.05, 3.63) is 30.3 Å². The zero-order valence-electron chi connectivity index (χ0n) is 13.6. The van der Waals surface area contributed by atoms with Gasteiger partial charge in [-0.25, -0.2) is 0 Å². The van der Waals surface area contributed by atoms with E-state index in [1.807, 2.05) is 18.2 Å². The summed E-state index contributed by atoms with van der Waals surface area (Å²) in [6.07, 6.45) is -0.734. The summed E-state index contributed by atoms with van der Waals surface area (Å²) >= 11 is 0. The topological polar surface area (TPSA) is 110 Å². The van der Waals surface area contributed by atoms with Crippen molar-refractivity contribution in [1.82, 2.24) is 0 Å². The molecule has 7 nitrogen and oxygen atoms in total. The van der Waals surface area contributed by atoms with Gasteiger partial charge in [0, 0.05) is 0 Å². The van der Waals surface area contributed by atoms with E-state index in [0.29, 0.717) is 10.2 Å². The van der Waals surface area contributed by atoms with E-state index in [1.165, 1.54) is 0 Å². The fourth-order valence-corrected chi connectivity index (χ4v) is 1.08. The summed E-state index contributed by atoms with van der Waals surface area (Å²) in [5.41, 5.74) is 0. The molecule has 0 fully saturated rings. The first-order chi connectivity index (χ1) is 10.1. The van der Waals surface area contributed by atoms with E-state index in [0.717, 1.165) is 0 Å². The minimum absolute atomic E-state index is 0.0694. The second kappa shape index (κ2) is 13.0. The molecular formula is C15H27NO6. The number of nitrogens with zero attached hydrogens (tertiary/aromatic N) is 1. The number of carbonyl (C=O) groups is 1. The van der Waals surface area contributed by atoms with Crippen LogP contribution in [0, 0.1) is 0 Å². The molecule has 0 aliphatic carbocycles. The standard InChI is InChI=1S/C8H10O2.C5H11NO2.C2H6O2/c1-7(9)10-8-5-3-2-4-6-8;1-6(2,3)4-5(7)8;3-1-2-4/h2-7,9H,1H3;4H2,1-3H3;3-4H,1-2H2. The molecular weight excluding hydrogens is 290 g/mol. The number of hydrogen-bond acceptors (Lipinski definition) is 6. The van der Waals surface area contributed by atoms with Gasteiger partial charge < -0.3 is 34.4 Å². The van der Waals surface area contributed by atoms with Crippen molar-refractivity contribution in [1.29, 1.82) is 0 Å². The lowest BCUT2D eigenvalue weighted by molar-refractivity contribution is -0.864. The van der Waals surface area contributed by atoms with Gasteiger partial charge in [0.05, 0.1) is 40.3 Å². The van der Waals surface area contributed by atoms with E-state index < -0.39 is 12.3 Å². The van der Waals surface area contributed by atoms with Crippen molar-refractivity contribution in [2.75, 3.05) is 40.9 Å². The highest BCUT2D eigenvalue weighted by atomic mass is 16.6. The van der Waals surface area contributed by atoms with Gasteiger partial charge in [0.2, 0.25) is 0 Å². The monoisotopic (exact) mass is 317 g/mol. The number of quaternary nitrogens is 1. The third kappa shape index (κ3) is 20.6. The van der Waals surface area contributed by atoms with Gasteiger partial charge in [-0.2, -0.15) is 0 Å². The normalized spacial score (nSPS) is 11.2. The minimum atomic E-state index is -1.00. The van der Waals surface area contributed by atoms with E-state index in [1.54, 1.807) is 40.2 Å². The van der Waals surface area contributed by atoms with Crippen molar-refractivity contribution >= 4 is 5.97 Å². The van der Waals surface area contributed by atoms with Crippen molar-refractivity contribution in [3.63, 3.8) is 0 Å². The first-order valence-electron chi connectivity index (χ1n) is 6.74. The maximum atomic E-state index is 9.89. The summed E-state index contributed by atoms with van der Waals surface area (Å²) in [7, 11) is 5.40. The van der Waals surface area contributed by atoms with E-state index in [4.69, 9.17) is 20.1 Å². The highest BCUT2D eigenvalue weighted by molar-refractivity contribution is 5.65. The van der Waals surface area contributed by atoms with Crippen LogP contribution < -0.4 is 9.84 Å². The molecule has 1 rings (SSSR count). The fraction of sp³-hybridized carbons (Fsp3) is 0.533. The van der Waals surface area contributed by atoms with Crippen LogP contribution in [0.5, 0.6) is 5.75 Å². The molecule has 0 radical (unpaired) electrons. The Labute approximate surface area is 131 Å². The third-order valence-electron chi connectivity index (χ3n) is 1.75. The first-order valence-corrected chi connectivity index (χ1v) is 6.74. The summed E-state index contributed by atoms with van der Waals surface area (Å²) in [6, 6.07) is 9.21. The Morgan fingerprint density at radius 1 is 1.18 bits per heavy atom. The number of carboxylic acids is 1. The molecule has 0 saturated carbocycles. The van der Waals surface area contributed by atoms with E-state index >= 15 is 0 Å². The molecule has 0 heterocycles. The maximum absolute atomic E-state index is 9.89. The van der Waals surface area contributed by atoms with Crippen LogP contribution in [0.15, 0.2) is 30.3 Å². The Kier molecular flexibility index (Phi) is 13.4. The van der Waals surface area contributed by atoms with Crippen LogP contribution in [-0.2, 0) is 4.79 Å². The average Bonchev–Trinajstić information content (AvgIpc) is 2.37. The second-order valence-electron chi connectivity index (χ2n) is 5.30. The Bertz CT molecular complexity index is 373. The third-order valence-corrected chi connectivity index (χ3v) is 1.75. The number of hydrogen-bond donors (Lipinski definition) is 3. The fourth-order valence-electron chi connectivity index (χ4n) is 1.08. The quantitative estimate of drug-likeness (QED) is 0.466. The number of aliphatic carboxylic acids is 1. The molecule has 1 unspecified atom stereocenters. The number of rotatable bonds is 5. The van der Waals surface area contributed by atoms with Gasteiger partial charge >= 0.3 is 0 Å². The highest BCUT2D eigenvalue weighted by Crippen LogP contribution is 2.09. The molecule has 7 heteroatoms. The summed E-state index contributed by atoms with van der Waals surface area (Å²) in [6.45, 7) is 1.40. The largest absolute Gasteiger partial charge is 0.544 e. The zero-order valence-corrected chi connectivity index (χ0v) is 13.6. The van der Waals surface area contributed by atoms with Gasteiger partial charge in [-0.15, -0.1) is 0 Å². The van der Waals surface area contributed by atoms with Crippen LogP contribution in [0.2, 0.25) is 0 Å². The van der Waals surface area contributed by atoms with Crippen LogP contribution in [0.1, 0.15) is 6.92 Å². The average molecular weight is 317 g/mol. The summed E-state index contributed by atoms with van der Waals surface area (Å²) in [4.78, 5) is 9.89. The van der Waals surface area contributed by atoms with Crippen molar-refractivity contribution in [3.8, 4) is 5.75 Å². The predicted octanol–water partition coefficient (Wildman–Crippen LogP) is -1.18. The number of aliphatic hydroxyl groups is 3. The molecule has 1 aromatic rings. The Morgan fingerprint density at radius 3 is 1.86 bits per heavy atom. The number of para-hydroxylation sites is 1. The molecule has 3 N–H and O–H groups in total. The Balaban J connectivity index is 0. The van der Waals surface area contributed by atoms with Crippen LogP contribution in [0.3, 0.4) is 0 Å². The van der Waals surface area contributed by atoms with Crippen molar-refractivity contribution in [2.24, 2.45) is 0 Å². The summed E-state index contributed by atoms with van der Waals surface area (Å²) in [5.74, 6) is -0.310. The second-order valence-corrected chi connectivity index (χ2v) is 5.30. The van der Waals surface area contributed by atoms with Gasteiger partial charge in [0.1, 0.15) is 12.3 Å². The molecule has 0 aliphatic rings. The molecule has 0 aliphatic heterocycles. The van der Waals surface area contributed by atoms with Crippen LogP contribution >= 0.6 is 0 Å². The molecule has 22 heavy (non-hydrogen) atoms. The smallest absolute Gasteiger partial charge is 0.194 e. The summed E-state index contributed by atoms with van der Waals surface area (Å²) < 4.78 is 5.39. The summed E-state index contributed by atoms with van der Waals surface area (Å²) in [5, 5.41) is 33.9. The predicted molar refractivity (Wildman–Crippen MR) is 80.8 cm³/mol. The number of carboxylic acid groups (broad SMARTS) is 1. The SMILES string of the molecule is CC(O)Oc1ccccc1.C[N+](C)(C)CC(=O)[O-].OCCO.